The summed E-state index contributed by atoms with van der Waals surface area (Å²) in [5.41, 5.74) is 4.98. The Hall–Kier alpha value is -2.96. The molecule has 21 heavy (non-hydrogen) atoms. The molecule has 0 aliphatic heterocycles. The van der Waals surface area contributed by atoms with Gasteiger partial charge in [0.15, 0.2) is 0 Å². The Labute approximate surface area is 121 Å². The van der Waals surface area contributed by atoms with Crippen molar-refractivity contribution in [1.82, 2.24) is 4.98 Å². The average molecular weight is 286 g/mol. The van der Waals surface area contributed by atoms with E-state index in [4.69, 9.17) is 0 Å². The first-order valence-corrected chi connectivity index (χ1v) is 6.17. The highest BCUT2D eigenvalue weighted by molar-refractivity contribution is 5.81. The Morgan fingerprint density at radius 1 is 1.33 bits per heavy atom. The van der Waals surface area contributed by atoms with E-state index in [0.717, 1.165) is 22.9 Å². The first-order chi connectivity index (χ1) is 9.97. The number of aromatic hydroxyl groups is 1. The first kappa shape index (κ1) is 14.4. The van der Waals surface area contributed by atoms with Gasteiger partial charge in [0.05, 0.1) is 11.1 Å². The molecule has 108 valence electrons. The van der Waals surface area contributed by atoms with Crippen molar-refractivity contribution in [3.8, 4) is 5.75 Å². The number of nitro groups is 1. The number of nitrogens with one attached hydrogen (secondary N) is 1. The summed E-state index contributed by atoms with van der Waals surface area (Å²) in [4.78, 5) is 13.9. The third-order valence-electron chi connectivity index (χ3n) is 2.86. The summed E-state index contributed by atoms with van der Waals surface area (Å²) in [6, 6.07) is 6.43. The maximum absolute atomic E-state index is 10.5. The molecule has 1 aromatic carbocycles. The van der Waals surface area contributed by atoms with Crippen molar-refractivity contribution < 1.29 is 10.0 Å². The number of phenolic OH excluding ortho intramolecular Hbond substituents is 1. The normalized spacial score (nSPS) is 10.8. The molecule has 2 rings (SSSR count). The second kappa shape index (κ2) is 6.00. The van der Waals surface area contributed by atoms with Crippen LogP contribution >= 0.6 is 0 Å². The van der Waals surface area contributed by atoms with E-state index in [-0.39, 0.29) is 11.4 Å². The van der Waals surface area contributed by atoms with E-state index in [1.807, 2.05) is 13.8 Å². The minimum Gasteiger partial charge on any atom is -0.507 e. The van der Waals surface area contributed by atoms with Crippen LogP contribution in [0.25, 0.3) is 0 Å². The zero-order valence-corrected chi connectivity index (χ0v) is 11.6. The van der Waals surface area contributed by atoms with Gasteiger partial charge in [-0.15, -0.1) is 0 Å². The third kappa shape index (κ3) is 3.53. The smallest absolute Gasteiger partial charge is 0.287 e. The van der Waals surface area contributed by atoms with Crippen LogP contribution in [0.2, 0.25) is 0 Å². The zero-order valence-electron chi connectivity index (χ0n) is 11.6. The molecule has 1 heterocycles. The molecule has 2 N–H and O–H groups in total. The van der Waals surface area contributed by atoms with Gasteiger partial charge in [-0.05, 0) is 48.7 Å². The van der Waals surface area contributed by atoms with Crippen molar-refractivity contribution in [2.45, 2.75) is 13.8 Å². The van der Waals surface area contributed by atoms with Gasteiger partial charge < -0.3 is 5.11 Å². The third-order valence-corrected chi connectivity index (χ3v) is 2.86. The average Bonchev–Trinajstić information content (AvgIpc) is 2.45. The number of aryl methyl sites for hydroxylation is 2. The topological polar surface area (TPSA) is 101 Å². The molecule has 0 saturated carbocycles. The Kier molecular flexibility index (Phi) is 4.13. The minimum atomic E-state index is -0.512. The monoisotopic (exact) mass is 286 g/mol. The number of hydrogen-bond acceptors (Lipinski definition) is 6. The second-order valence-corrected chi connectivity index (χ2v) is 4.53. The lowest BCUT2D eigenvalue weighted by Crippen LogP contribution is -1.95. The zero-order chi connectivity index (χ0) is 15.4. The van der Waals surface area contributed by atoms with E-state index >= 15 is 0 Å². The fraction of sp³-hybridized carbons (Fsp3) is 0.143. The molecular weight excluding hydrogens is 272 g/mol. The summed E-state index contributed by atoms with van der Waals surface area (Å²) in [6.45, 7) is 3.62. The van der Waals surface area contributed by atoms with E-state index < -0.39 is 4.92 Å². The van der Waals surface area contributed by atoms with Gasteiger partial charge in [-0.1, -0.05) is 0 Å². The number of nitrogens with zero attached hydrogens (tertiary/aromatic N) is 3. The summed E-state index contributed by atoms with van der Waals surface area (Å²) in [5, 5.41) is 24.2. The number of hydrazone groups is 1. The Morgan fingerprint density at radius 2 is 2.00 bits per heavy atom. The van der Waals surface area contributed by atoms with Crippen molar-refractivity contribution in [1.29, 1.82) is 0 Å². The number of rotatable bonds is 4. The van der Waals surface area contributed by atoms with Crippen molar-refractivity contribution in [3.63, 3.8) is 0 Å². The molecule has 0 bridgehead atoms. The lowest BCUT2D eigenvalue weighted by molar-refractivity contribution is -0.385. The van der Waals surface area contributed by atoms with Gasteiger partial charge in [0.2, 0.25) is 0 Å². The largest absolute Gasteiger partial charge is 0.507 e. The quantitative estimate of drug-likeness (QED) is 0.511. The number of pyridine rings is 1. The lowest BCUT2D eigenvalue weighted by atomic mass is 10.1. The summed E-state index contributed by atoms with van der Waals surface area (Å²) >= 11 is 0. The highest BCUT2D eigenvalue weighted by atomic mass is 16.6. The van der Waals surface area contributed by atoms with E-state index in [0.29, 0.717) is 5.82 Å². The summed E-state index contributed by atoms with van der Waals surface area (Å²) in [6.07, 6.45) is 2.75. The van der Waals surface area contributed by atoms with Crippen LogP contribution in [-0.4, -0.2) is 21.2 Å². The SMILES string of the molecule is Cc1cc(/C=N\Nc2ccc([N+](=O)[O-])cn2)cc(C)c1O. The first-order valence-electron chi connectivity index (χ1n) is 6.17. The Balaban J connectivity index is 2.07. The molecule has 0 saturated heterocycles. The molecule has 0 amide bonds. The van der Waals surface area contributed by atoms with Gasteiger partial charge in [-0.3, -0.25) is 15.5 Å². The Bertz CT molecular complexity index is 673. The van der Waals surface area contributed by atoms with Crippen LogP contribution in [0.15, 0.2) is 35.6 Å². The number of phenols is 1. The van der Waals surface area contributed by atoms with Gasteiger partial charge >= 0.3 is 0 Å². The number of hydrogen-bond donors (Lipinski definition) is 2. The summed E-state index contributed by atoms with van der Waals surface area (Å²) in [7, 11) is 0. The van der Waals surface area contributed by atoms with E-state index in [2.05, 4.69) is 15.5 Å². The molecule has 7 nitrogen and oxygen atoms in total. The lowest BCUT2D eigenvalue weighted by Gasteiger charge is -2.04. The molecule has 0 unspecified atom stereocenters. The molecule has 0 aliphatic rings. The van der Waals surface area contributed by atoms with Gasteiger partial charge in [-0.25, -0.2) is 4.98 Å². The molecule has 2 aromatic rings. The molecule has 0 radical (unpaired) electrons. The van der Waals surface area contributed by atoms with E-state index in [1.54, 1.807) is 18.3 Å². The van der Waals surface area contributed by atoms with Crippen molar-refractivity contribution >= 4 is 17.7 Å². The maximum Gasteiger partial charge on any atom is 0.287 e. The van der Waals surface area contributed by atoms with Gasteiger partial charge in [-0.2, -0.15) is 5.10 Å². The Morgan fingerprint density at radius 3 is 2.52 bits per heavy atom. The number of anilines is 1. The van der Waals surface area contributed by atoms with Crippen LogP contribution in [0.3, 0.4) is 0 Å². The fourth-order valence-corrected chi connectivity index (χ4v) is 1.80. The van der Waals surface area contributed by atoms with Crippen LogP contribution in [0.1, 0.15) is 16.7 Å². The van der Waals surface area contributed by atoms with E-state index in [9.17, 15) is 15.2 Å². The number of benzene rings is 1. The number of aromatic nitrogens is 1. The van der Waals surface area contributed by atoms with Crippen LogP contribution in [0.4, 0.5) is 11.5 Å². The maximum atomic E-state index is 10.5. The summed E-state index contributed by atoms with van der Waals surface area (Å²) in [5.74, 6) is 0.682. The summed E-state index contributed by atoms with van der Waals surface area (Å²) < 4.78 is 0. The predicted molar refractivity (Wildman–Crippen MR) is 79.7 cm³/mol. The predicted octanol–water partition coefficient (Wildman–Crippen LogP) is 2.76. The van der Waals surface area contributed by atoms with Crippen molar-refractivity contribution in [2.75, 3.05) is 5.43 Å². The van der Waals surface area contributed by atoms with E-state index in [1.165, 1.54) is 12.1 Å². The van der Waals surface area contributed by atoms with Crippen LogP contribution in [0.5, 0.6) is 5.75 Å². The molecule has 0 aliphatic carbocycles. The van der Waals surface area contributed by atoms with Crippen LogP contribution < -0.4 is 5.43 Å². The fourth-order valence-electron chi connectivity index (χ4n) is 1.80. The van der Waals surface area contributed by atoms with Gasteiger partial charge in [0.25, 0.3) is 5.69 Å². The highest BCUT2D eigenvalue weighted by Gasteiger charge is 2.04. The van der Waals surface area contributed by atoms with Crippen LogP contribution in [0, 0.1) is 24.0 Å². The van der Waals surface area contributed by atoms with Gasteiger partial charge in [0.1, 0.15) is 17.8 Å². The standard InChI is InChI=1S/C14H14N4O3/c1-9-5-11(6-10(2)14(9)19)7-16-17-13-4-3-12(8-15-13)18(20)21/h3-8,19H,1-2H3,(H,15,17)/b16-7-. The molecular formula is C14H14N4O3. The molecule has 0 fully saturated rings. The molecule has 0 atom stereocenters. The van der Waals surface area contributed by atoms with Crippen molar-refractivity contribution in [3.05, 3.63) is 57.3 Å². The van der Waals surface area contributed by atoms with Crippen LogP contribution in [-0.2, 0) is 0 Å². The molecule has 7 heteroatoms. The highest BCUT2D eigenvalue weighted by Crippen LogP contribution is 2.22. The molecule has 0 spiro atoms. The van der Waals surface area contributed by atoms with Gasteiger partial charge in [0, 0.05) is 6.07 Å². The minimum absolute atomic E-state index is 0.0747. The van der Waals surface area contributed by atoms with Crippen molar-refractivity contribution in [2.24, 2.45) is 5.10 Å². The second-order valence-electron chi connectivity index (χ2n) is 4.53. The molecule has 1 aromatic heterocycles.